The number of amides is 2. The van der Waals surface area contributed by atoms with Crippen LogP contribution in [-0.4, -0.2) is 17.0 Å². The first-order valence-corrected chi connectivity index (χ1v) is 6.71. The van der Waals surface area contributed by atoms with Gasteiger partial charge in [0.15, 0.2) is 5.82 Å². The fourth-order valence-corrected chi connectivity index (χ4v) is 2.12. The van der Waals surface area contributed by atoms with E-state index in [2.05, 4.69) is 15.8 Å². The molecule has 21 heavy (non-hydrogen) atoms. The highest BCUT2D eigenvalue weighted by Crippen LogP contribution is 2.47. The van der Waals surface area contributed by atoms with Gasteiger partial charge < -0.3 is 15.2 Å². The molecule has 1 aliphatic carbocycles. The van der Waals surface area contributed by atoms with Crippen LogP contribution in [0.2, 0.25) is 0 Å². The molecule has 108 valence electrons. The Balaban J connectivity index is 1.69. The number of hydrogen-bond acceptors (Lipinski definition) is 4. The quantitative estimate of drug-likeness (QED) is 0.844. The summed E-state index contributed by atoms with van der Waals surface area (Å²) in [7, 11) is 0. The molecule has 1 aliphatic rings. The minimum atomic E-state index is -0.997. The number of anilines is 2. The van der Waals surface area contributed by atoms with Gasteiger partial charge in [-0.05, 0) is 31.9 Å². The van der Waals surface area contributed by atoms with Crippen molar-refractivity contribution in [2.75, 3.05) is 10.6 Å². The number of carbonyl (C=O) groups excluding carboxylic acids is 2. The Labute approximate surface area is 121 Å². The first-order valence-electron chi connectivity index (χ1n) is 6.71. The van der Waals surface area contributed by atoms with Crippen molar-refractivity contribution in [3.63, 3.8) is 0 Å². The Morgan fingerprint density at radius 2 is 1.81 bits per heavy atom. The summed E-state index contributed by atoms with van der Waals surface area (Å²) >= 11 is 0. The molecule has 0 bridgehead atoms. The van der Waals surface area contributed by atoms with E-state index in [9.17, 15) is 9.59 Å². The molecule has 1 aromatic carbocycles. The van der Waals surface area contributed by atoms with Crippen LogP contribution in [0.15, 0.2) is 40.9 Å². The Morgan fingerprint density at radius 1 is 1.14 bits per heavy atom. The molecule has 0 spiro atoms. The molecule has 0 unspecified atom stereocenters. The second-order valence-corrected chi connectivity index (χ2v) is 5.18. The largest absolute Gasteiger partial charge is 0.360 e. The molecular weight excluding hydrogens is 270 g/mol. The minimum absolute atomic E-state index is 0.286. The average Bonchev–Trinajstić information content (AvgIpc) is 3.19. The number of nitrogens with one attached hydrogen (secondary N) is 2. The molecule has 3 rings (SSSR count). The third-order valence-corrected chi connectivity index (χ3v) is 3.52. The van der Waals surface area contributed by atoms with Crippen LogP contribution in [0.5, 0.6) is 0 Å². The number of benzene rings is 1. The number of hydrogen-bond donors (Lipinski definition) is 2. The molecule has 1 aromatic heterocycles. The van der Waals surface area contributed by atoms with Gasteiger partial charge in [0.2, 0.25) is 11.8 Å². The highest BCUT2D eigenvalue weighted by molar-refractivity contribution is 6.16. The second kappa shape index (κ2) is 5.05. The normalized spacial score (nSPS) is 15.3. The van der Waals surface area contributed by atoms with Crippen molar-refractivity contribution in [3.05, 3.63) is 42.2 Å². The molecule has 1 saturated carbocycles. The smallest absolute Gasteiger partial charge is 0.241 e. The van der Waals surface area contributed by atoms with Gasteiger partial charge in [-0.3, -0.25) is 9.59 Å². The van der Waals surface area contributed by atoms with Crippen LogP contribution >= 0.6 is 0 Å². The maximum Gasteiger partial charge on any atom is 0.241 e. The zero-order chi connectivity index (χ0) is 14.9. The van der Waals surface area contributed by atoms with E-state index >= 15 is 0 Å². The average molecular weight is 285 g/mol. The molecular formula is C15H15N3O3. The molecule has 0 aliphatic heterocycles. The highest BCUT2D eigenvalue weighted by atomic mass is 16.5. The molecule has 0 saturated heterocycles. The van der Waals surface area contributed by atoms with E-state index < -0.39 is 5.41 Å². The van der Waals surface area contributed by atoms with E-state index in [0.29, 0.717) is 30.1 Å². The van der Waals surface area contributed by atoms with E-state index in [4.69, 9.17) is 4.52 Å². The summed E-state index contributed by atoms with van der Waals surface area (Å²) in [6.07, 6.45) is 1.07. The number of aryl methyl sites for hydroxylation is 1. The van der Waals surface area contributed by atoms with E-state index in [1.54, 1.807) is 25.1 Å². The molecule has 6 heteroatoms. The molecule has 0 atom stereocenters. The van der Waals surface area contributed by atoms with Gasteiger partial charge in [-0.15, -0.1) is 0 Å². The Morgan fingerprint density at radius 3 is 2.38 bits per heavy atom. The Hall–Kier alpha value is -2.63. The van der Waals surface area contributed by atoms with Crippen molar-refractivity contribution in [1.82, 2.24) is 5.16 Å². The highest BCUT2D eigenvalue weighted by Gasteiger charge is 2.56. The van der Waals surface area contributed by atoms with Crippen LogP contribution < -0.4 is 10.6 Å². The molecule has 2 N–H and O–H groups in total. The van der Waals surface area contributed by atoms with Crippen molar-refractivity contribution in [2.45, 2.75) is 19.8 Å². The molecule has 6 nitrogen and oxygen atoms in total. The van der Waals surface area contributed by atoms with Crippen molar-refractivity contribution in [2.24, 2.45) is 5.41 Å². The SMILES string of the molecule is Cc1cc(NC(=O)C2(C(=O)Nc3ccccc3)CC2)no1. The number of carbonyl (C=O) groups is 2. The maximum absolute atomic E-state index is 12.3. The summed E-state index contributed by atoms with van der Waals surface area (Å²) in [6.45, 7) is 1.73. The third kappa shape index (κ3) is 2.65. The van der Waals surface area contributed by atoms with Crippen LogP contribution in [0.25, 0.3) is 0 Å². The lowest BCUT2D eigenvalue weighted by molar-refractivity contribution is -0.131. The summed E-state index contributed by atoms with van der Waals surface area (Å²) in [5.74, 6) is 0.302. The van der Waals surface area contributed by atoms with Gasteiger partial charge in [0, 0.05) is 11.8 Å². The zero-order valence-corrected chi connectivity index (χ0v) is 11.6. The number of nitrogens with zero attached hydrogens (tertiary/aromatic N) is 1. The summed E-state index contributed by atoms with van der Waals surface area (Å²) in [5, 5.41) is 9.10. The summed E-state index contributed by atoms with van der Waals surface area (Å²) < 4.78 is 4.89. The lowest BCUT2D eigenvalue weighted by Gasteiger charge is -2.14. The van der Waals surface area contributed by atoms with E-state index in [1.807, 2.05) is 18.2 Å². The first kappa shape index (κ1) is 13.4. The maximum atomic E-state index is 12.3. The molecule has 0 radical (unpaired) electrons. The van der Waals surface area contributed by atoms with Gasteiger partial charge in [-0.25, -0.2) is 0 Å². The molecule has 1 fully saturated rings. The van der Waals surface area contributed by atoms with Gasteiger partial charge in [0.25, 0.3) is 0 Å². The van der Waals surface area contributed by atoms with Crippen molar-refractivity contribution in [1.29, 1.82) is 0 Å². The minimum Gasteiger partial charge on any atom is -0.360 e. The topological polar surface area (TPSA) is 84.2 Å². The number of para-hydroxylation sites is 1. The van der Waals surface area contributed by atoms with Crippen LogP contribution in [0.1, 0.15) is 18.6 Å². The number of aromatic nitrogens is 1. The van der Waals surface area contributed by atoms with Gasteiger partial charge in [-0.2, -0.15) is 0 Å². The Kier molecular flexibility index (Phi) is 3.21. The van der Waals surface area contributed by atoms with E-state index in [-0.39, 0.29) is 11.8 Å². The predicted molar refractivity (Wildman–Crippen MR) is 76.6 cm³/mol. The first-order chi connectivity index (χ1) is 10.1. The van der Waals surface area contributed by atoms with Crippen molar-refractivity contribution >= 4 is 23.3 Å². The molecule has 2 amide bonds. The standard InChI is InChI=1S/C15H15N3O3/c1-10-9-12(18-21-10)17-14(20)15(7-8-15)13(19)16-11-5-3-2-4-6-11/h2-6,9H,7-8H2,1H3,(H,16,19)(H,17,18,20). The lowest BCUT2D eigenvalue weighted by Crippen LogP contribution is -2.35. The lowest BCUT2D eigenvalue weighted by atomic mass is 10.1. The van der Waals surface area contributed by atoms with Gasteiger partial charge >= 0.3 is 0 Å². The van der Waals surface area contributed by atoms with Crippen LogP contribution in [-0.2, 0) is 9.59 Å². The molecule has 1 heterocycles. The van der Waals surface area contributed by atoms with Gasteiger partial charge in [-0.1, -0.05) is 23.4 Å². The zero-order valence-electron chi connectivity index (χ0n) is 11.6. The van der Waals surface area contributed by atoms with Crippen LogP contribution in [0.3, 0.4) is 0 Å². The fraction of sp³-hybridized carbons (Fsp3) is 0.267. The van der Waals surface area contributed by atoms with Crippen molar-refractivity contribution in [3.8, 4) is 0 Å². The van der Waals surface area contributed by atoms with Gasteiger partial charge in [0.1, 0.15) is 11.2 Å². The monoisotopic (exact) mass is 285 g/mol. The van der Waals surface area contributed by atoms with E-state index in [0.717, 1.165) is 0 Å². The van der Waals surface area contributed by atoms with Crippen molar-refractivity contribution < 1.29 is 14.1 Å². The van der Waals surface area contributed by atoms with E-state index in [1.165, 1.54) is 0 Å². The summed E-state index contributed by atoms with van der Waals surface area (Å²) in [5.41, 5.74) is -0.318. The second-order valence-electron chi connectivity index (χ2n) is 5.18. The predicted octanol–water partition coefficient (Wildman–Crippen LogP) is 2.34. The Bertz CT molecular complexity index is 674. The third-order valence-electron chi connectivity index (χ3n) is 3.52. The molecule has 2 aromatic rings. The van der Waals surface area contributed by atoms with Gasteiger partial charge in [0.05, 0.1) is 0 Å². The summed E-state index contributed by atoms with van der Waals surface area (Å²) in [4.78, 5) is 24.6. The van der Waals surface area contributed by atoms with Crippen LogP contribution in [0.4, 0.5) is 11.5 Å². The van der Waals surface area contributed by atoms with Crippen LogP contribution in [0, 0.1) is 12.3 Å². The number of rotatable bonds is 4. The fourth-order valence-electron chi connectivity index (χ4n) is 2.12. The summed E-state index contributed by atoms with van der Waals surface area (Å²) in [6, 6.07) is 10.7.